The van der Waals surface area contributed by atoms with Gasteiger partial charge in [0.05, 0.1) is 18.0 Å². The number of alkyl halides is 3. The van der Waals surface area contributed by atoms with E-state index in [9.17, 15) is 18.4 Å². The lowest BCUT2D eigenvalue weighted by atomic mass is 9.95. The molecule has 0 radical (unpaired) electrons. The Morgan fingerprint density at radius 1 is 1.29 bits per heavy atom. The van der Waals surface area contributed by atoms with Crippen LogP contribution < -0.4 is 26.0 Å². The van der Waals surface area contributed by atoms with Crippen molar-refractivity contribution in [2.45, 2.75) is 25.4 Å². The summed E-state index contributed by atoms with van der Waals surface area (Å²) in [5.41, 5.74) is 6.16. The van der Waals surface area contributed by atoms with E-state index in [0.29, 0.717) is 23.7 Å². The highest BCUT2D eigenvalue weighted by atomic mass is 19.4. The second-order valence-electron chi connectivity index (χ2n) is 7.56. The van der Waals surface area contributed by atoms with Gasteiger partial charge in [0.1, 0.15) is 17.3 Å². The van der Waals surface area contributed by atoms with Crippen LogP contribution in [0, 0.1) is 17.2 Å². The molecule has 0 aromatic carbocycles. The molecule has 2 aromatic rings. The first kappa shape index (κ1) is 21.1. The molecule has 3 N–H and O–H groups in total. The van der Waals surface area contributed by atoms with Crippen molar-refractivity contribution in [2.75, 3.05) is 37.2 Å². The van der Waals surface area contributed by atoms with Gasteiger partial charge in [0, 0.05) is 18.8 Å². The lowest BCUT2D eigenvalue weighted by Crippen LogP contribution is -2.31. The zero-order valence-corrected chi connectivity index (χ0v) is 16.9. The van der Waals surface area contributed by atoms with Gasteiger partial charge >= 0.3 is 6.18 Å². The molecule has 0 atom stereocenters. The Labute approximate surface area is 177 Å². The van der Waals surface area contributed by atoms with E-state index in [0.717, 1.165) is 32.0 Å². The van der Waals surface area contributed by atoms with E-state index in [1.807, 2.05) is 6.07 Å². The van der Waals surface area contributed by atoms with E-state index in [1.165, 1.54) is 6.20 Å². The average Bonchev–Trinajstić information content (AvgIpc) is 3.14. The van der Waals surface area contributed by atoms with Gasteiger partial charge in [-0.2, -0.15) is 18.4 Å². The van der Waals surface area contributed by atoms with Crippen LogP contribution in [0.2, 0.25) is 0 Å². The number of hydrogen-bond acceptors (Lipinski definition) is 8. The third-order valence-corrected chi connectivity index (χ3v) is 5.49. The molecule has 0 bridgehead atoms. The number of nitriles is 1. The van der Waals surface area contributed by atoms with Crippen molar-refractivity contribution < 1.29 is 17.9 Å². The molecule has 2 aliphatic rings. The Morgan fingerprint density at radius 2 is 2.06 bits per heavy atom. The van der Waals surface area contributed by atoms with Crippen molar-refractivity contribution in [1.29, 1.82) is 5.26 Å². The van der Waals surface area contributed by atoms with Crippen molar-refractivity contribution in [1.82, 2.24) is 20.8 Å². The summed E-state index contributed by atoms with van der Waals surface area (Å²) in [5, 5.41) is 14.2. The molecule has 8 nitrogen and oxygen atoms in total. The number of ether oxygens (including phenoxy) is 1. The molecule has 0 amide bonds. The average molecular weight is 433 g/mol. The highest BCUT2D eigenvalue weighted by Crippen LogP contribution is 2.39. The van der Waals surface area contributed by atoms with Crippen molar-refractivity contribution in [3.8, 4) is 23.2 Å². The normalized spacial score (nSPS) is 16.5. The number of pyridine rings is 2. The van der Waals surface area contributed by atoms with Gasteiger partial charge in [0.2, 0.25) is 5.88 Å². The Kier molecular flexibility index (Phi) is 5.84. The smallest absolute Gasteiger partial charge is 0.421 e. The van der Waals surface area contributed by atoms with Crippen LogP contribution in [0.3, 0.4) is 0 Å². The maximum absolute atomic E-state index is 13.7. The van der Waals surface area contributed by atoms with Gasteiger partial charge in [0.15, 0.2) is 5.69 Å². The van der Waals surface area contributed by atoms with Gasteiger partial charge in [0.25, 0.3) is 0 Å². The van der Waals surface area contributed by atoms with E-state index in [4.69, 9.17) is 4.74 Å². The Morgan fingerprint density at radius 3 is 2.77 bits per heavy atom. The minimum Gasteiger partial charge on any atom is -0.477 e. The van der Waals surface area contributed by atoms with Crippen molar-refractivity contribution >= 4 is 11.4 Å². The van der Waals surface area contributed by atoms with Crippen LogP contribution in [-0.4, -0.2) is 36.7 Å². The first-order chi connectivity index (χ1) is 14.9. The number of aromatic nitrogens is 2. The van der Waals surface area contributed by atoms with Gasteiger partial charge in [-0.15, -0.1) is 5.53 Å². The summed E-state index contributed by atoms with van der Waals surface area (Å²) in [5.74, 6) is 0.00128. The molecule has 11 heteroatoms. The largest absolute Gasteiger partial charge is 0.477 e. The molecule has 1 fully saturated rings. The zero-order chi connectivity index (χ0) is 22.0. The molecular weight excluding hydrogens is 411 g/mol. The Hall–Kier alpha value is -3.10. The Balaban J connectivity index is 1.60. The topological polar surface area (TPSA) is 98.1 Å². The minimum absolute atomic E-state index is 0.0696. The predicted molar refractivity (Wildman–Crippen MR) is 108 cm³/mol. The maximum atomic E-state index is 13.7. The van der Waals surface area contributed by atoms with E-state index < -0.39 is 17.6 Å². The molecular formula is C20H22F3N7O. The van der Waals surface area contributed by atoms with E-state index in [1.54, 1.807) is 18.1 Å². The second kappa shape index (κ2) is 8.56. The summed E-state index contributed by atoms with van der Waals surface area (Å²) in [6.45, 7) is 2.02. The van der Waals surface area contributed by atoms with Crippen LogP contribution in [0.25, 0.3) is 11.3 Å². The maximum Gasteiger partial charge on any atom is 0.421 e. The Bertz CT molecular complexity index is 999. The molecule has 0 aliphatic carbocycles. The highest BCUT2D eigenvalue weighted by molar-refractivity contribution is 5.81. The monoisotopic (exact) mass is 433 g/mol. The molecule has 2 aromatic heterocycles. The summed E-state index contributed by atoms with van der Waals surface area (Å²) < 4.78 is 46.6. The molecule has 2 aliphatic heterocycles. The van der Waals surface area contributed by atoms with Crippen LogP contribution in [0.1, 0.15) is 30.5 Å². The summed E-state index contributed by atoms with van der Waals surface area (Å²) in [6, 6.07) is 4.53. The number of rotatable bonds is 5. The molecule has 0 spiro atoms. The molecule has 164 valence electrons. The van der Waals surface area contributed by atoms with Crippen molar-refractivity contribution in [3.63, 3.8) is 0 Å². The first-order valence-electron chi connectivity index (χ1n) is 9.98. The quantitative estimate of drug-likeness (QED) is 0.662. The molecule has 4 heterocycles. The third kappa shape index (κ3) is 4.50. The van der Waals surface area contributed by atoms with Crippen LogP contribution in [0.5, 0.6) is 5.88 Å². The van der Waals surface area contributed by atoms with Gasteiger partial charge in [-0.05, 0) is 50.4 Å². The number of hydrazine groups is 2. The summed E-state index contributed by atoms with van der Waals surface area (Å²) in [4.78, 5) is 8.15. The van der Waals surface area contributed by atoms with Gasteiger partial charge in [-0.25, -0.2) is 9.97 Å². The van der Waals surface area contributed by atoms with Crippen LogP contribution in [-0.2, 0) is 6.18 Å². The highest BCUT2D eigenvalue weighted by Gasteiger charge is 2.36. The van der Waals surface area contributed by atoms with E-state index in [-0.39, 0.29) is 23.6 Å². The number of nitrogens with one attached hydrogen (secondary N) is 3. The molecule has 0 saturated carbocycles. The fraction of sp³-hybridized carbons (Fsp3) is 0.450. The molecule has 31 heavy (non-hydrogen) atoms. The number of piperidine rings is 1. The van der Waals surface area contributed by atoms with Gasteiger partial charge in [-0.1, -0.05) is 0 Å². The second-order valence-corrected chi connectivity index (χ2v) is 7.56. The number of fused-ring (bicyclic) bond motifs is 1. The summed E-state index contributed by atoms with van der Waals surface area (Å²) in [7, 11) is 1.71. The van der Waals surface area contributed by atoms with Gasteiger partial charge in [-0.3, -0.25) is 10.4 Å². The van der Waals surface area contributed by atoms with Crippen LogP contribution in [0.15, 0.2) is 18.3 Å². The van der Waals surface area contributed by atoms with Crippen molar-refractivity contribution in [2.24, 2.45) is 5.92 Å². The number of anilines is 2. The minimum atomic E-state index is -4.64. The molecule has 1 saturated heterocycles. The lowest BCUT2D eigenvalue weighted by Gasteiger charge is -2.22. The van der Waals surface area contributed by atoms with E-state index in [2.05, 4.69) is 26.2 Å². The molecule has 0 unspecified atom stereocenters. The first-order valence-corrected chi connectivity index (χ1v) is 9.98. The predicted octanol–water partition coefficient (Wildman–Crippen LogP) is 3.08. The summed E-state index contributed by atoms with van der Waals surface area (Å²) in [6.07, 6.45) is -0.675. The fourth-order valence-corrected chi connectivity index (χ4v) is 3.75. The lowest BCUT2D eigenvalue weighted by molar-refractivity contribution is -0.139. The standard InChI is InChI=1S/C20H22F3N7O/c1-30-17-9-15(27-16(10-24)18(17)28-29-30)13-8-14(20(21,22)23)19(26-11-13)31-7-4-12-2-5-25-6-3-12/h8-9,11-12,25,28-29H,2-7H2,1H3. The number of hydrogen-bond donors (Lipinski definition) is 3. The number of halogens is 3. The molecule has 4 rings (SSSR count). The SMILES string of the molecule is CN1NNc2c1cc(-c1cnc(OCCC3CCNCC3)c(C(F)(F)F)c1)nc2C#N. The summed E-state index contributed by atoms with van der Waals surface area (Å²) >= 11 is 0. The van der Waals surface area contributed by atoms with E-state index >= 15 is 0 Å². The van der Waals surface area contributed by atoms with Gasteiger partial charge < -0.3 is 10.1 Å². The third-order valence-electron chi connectivity index (χ3n) is 5.49. The zero-order valence-electron chi connectivity index (χ0n) is 16.9. The number of nitrogens with zero attached hydrogens (tertiary/aromatic N) is 4. The van der Waals surface area contributed by atoms with Crippen molar-refractivity contribution in [3.05, 3.63) is 29.6 Å². The fourth-order valence-electron chi connectivity index (χ4n) is 3.75. The van der Waals surface area contributed by atoms with Crippen LogP contribution in [0.4, 0.5) is 24.5 Å². The van der Waals surface area contributed by atoms with Crippen LogP contribution >= 0.6 is 0 Å².